The second kappa shape index (κ2) is 8.76. The molecule has 2 unspecified atom stereocenters. The van der Waals surface area contributed by atoms with Crippen molar-refractivity contribution in [3.8, 4) is 0 Å². The minimum absolute atomic E-state index is 0.152. The molecule has 1 saturated carbocycles. The van der Waals surface area contributed by atoms with Crippen molar-refractivity contribution in [2.75, 3.05) is 11.9 Å². The summed E-state index contributed by atoms with van der Waals surface area (Å²) >= 11 is 0. The summed E-state index contributed by atoms with van der Waals surface area (Å²) in [6.07, 6.45) is 7.33. The Morgan fingerprint density at radius 1 is 1.13 bits per heavy atom. The molecule has 31 heavy (non-hydrogen) atoms. The average Bonchev–Trinajstić information content (AvgIpc) is 2.80. The molecule has 2 atom stereocenters. The smallest absolute Gasteiger partial charge is 0.354 e. The number of carboxylic acids is 1. The van der Waals surface area contributed by atoms with Crippen molar-refractivity contribution >= 4 is 35.0 Å². The third-order valence-corrected chi connectivity index (χ3v) is 6.35. The lowest BCUT2D eigenvalue weighted by Gasteiger charge is -2.46. The lowest BCUT2D eigenvalue weighted by Crippen LogP contribution is -2.44. The van der Waals surface area contributed by atoms with E-state index in [1.165, 1.54) is 55.7 Å². The van der Waals surface area contributed by atoms with Crippen molar-refractivity contribution in [1.82, 2.24) is 5.32 Å². The number of benzene rings is 2. The van der Waals surface area contributed by atoms with Crippen molar-refractivity contribution in [2.24, 2.45) is 5.92 Å². The van der Waals surface area contributed by atoms with Crippen LogP contribution >= 0.6 is 0 Å². The molecule has 2 aromatic rings. The molecular formula is C25H27N3O3. The average molecular weight is 418 g/mol. The number of hydrogen-bond acceptors (Lipinski definition) is 4. The van der Waals surface area contributed by atoms with Crippen LogP contribution in [0.15, 0.2) is 54.1 Å². The molecule has 2 aliphatic rings. The van der Waals surface area contributed by atoms with E-state index >= 15 is 0 Å². The number of amides is 1. The Morgan fingerprint density at radius 3 is 2.58 bits per heavy atom. The zero-order valence-corrected chi connectivity index (χ0v) is 17.6. The van der Waals surface area contributed by atoms with Crippen molar-refractivity contribution in [3.63, 3.8) is 0 Å². The van der Waals surface area contributed by atoms with Gasteiger partial charge in [0.15, 0.2) is 5.71 Å². The van der Waals surface area contributed by atoms with Crippen LogP contribution in [0.25, 0.3) is 6.08 Å². The van der Waals surface area contributed by atoms with Gasteiger partial charge in [0.05, 0.1) is 5.57 Å². The number of para-hydroxylation sites is 1. The third-order valence-electron chi connectivity index (χ3n) is 6.35. The fourth-order valence-corrected chi connectivity index (χ4v) is 4.91. The van der Waals surface area contributed by atoms with Gasteiger partial charge in [0.2, 0.25) is 0 Å². The summed E-state index contributed by atoms with van der Waals surface area (Å²) in [5.41, 5.74) is 3.41. The first-order chi connectivity index (χ1) is 15.0. The Bertz CT molecular complexity index is 1050. The molecule has 3 N–H and O–H groups in total. The molecule has 0 spiro atoms. The van der Waals surface area contributed by atoms with E-state index in [1.807, 2.05) is 18.2 Å². The Labute approximate surface area is 182 Å². The normalized spacial score (nSPS) is 20.4. The maximum Gasteiger partial charge on any atom is 0.354 e. The number of nitrogens with zero attached hydrogens (tertiary/aromatic N) is 1. The number of anilines is 2. The zero-order valence-electron chi connectivity index (χ0n) is 17.6. The molecule has 0 aromatic heterocycles. The second-order valence-corrected chi connectivity index (χ2v) is 8.23. The maximum absolute atomic E-state index is 12.2. The highest BCUT2D eigenvalue weighted by Crippen LogP contribution is 2.44. The molecule has 1 aliphatic carbocycles. The largest absolute Gasteiger partial charge is 0.477 e. The van der Waals surface area contributed by atoms with Gasteiger partial charge in [0.25, 0.3) is 5.91 Å². The van der Waals surface area contributed by atoms with E-state index in [0.717, 1.165) is 12.0 Å². The van der Waals surface area contributed by atoms with Gasteiger partial charge in [0, 0.05) is 24.5 Å². The first-order valence-corrected chi connectivity index (χ1v) is 10.7. The van der Waals surface area contributed by atoms with E-state index < -0.39 is 17.6 Å². The Morgan fingerprint density at radius 2 is 1.87 bits per heavy atom. The standard InChI is InChI=1S/C25H27N3O3/c1-27-24(29)20(23(26)25(30)31)14-16-11-12-22-18(13-16)15-17-7-5-6-10-21(17)28(22)19-8-3-2-4-9-19/h2-4,8-9,11-14,17,21,26H,5-7,10,15H2,1H3,(H,27,29)(H,30,31)/b20-14-,26-23?. The molecule has 1 heterocycles. The molecule has 2 aromatic carbocycles. The van der Waals surface area contributed by atoms with Crippen molar-refractivity contribution in [3.05, 3.63) is 65.2 Å². The molecule has 160 valence electrons. The molecule has 0 bridgehead atoms. The summed E-state index contributed by atoms with van der Waals surface area (Å²) < 4.78 is 0. The predicted octanol–water partition coefficient (Wildman–Crippen LogP) is 4.17. The van der Waals surface area contributed by atoms with E-state index in [2.05, 4.69) is 40.5 Å². The molecule has 0 radical (unpaired) electrons. The van der Waals surface area contributed by atoms with Crippen LogP contribution in [0.1, 0.15) is 36.8 Å². The van der Waals surface area contributed by atoms with E-state index in [9.17, 15) is 14.7 Å². The predicted molar refractivity (Wildman–Crippen MR) is 122 cm³/mol. The molecule has 6 nitrogen and oxygen atoms in total. The van der Waals surface area contributed by atoms with Crippen molar-refractivity contribution in [1.29, 1.82) is 5.41 Å². The van der Waals surface area contributed by atoms with Gasteiger partial charge in [-0.2, -0.15) is 0 Å². The minimum Gasteiger partial charge on any atom is -0.477 e. The van der Waals surface area contributed by atoms with Gasteiger partial charge in [-0.1, -0.05) is 37.1 Å². The number of fused-ring (bicyclic) bond motifs is 2. The summed E-state index contributed by atoms with van der Waals surface area (Å²) in [6, 6.07) is 16.9. The van der Waals surface area contributed by atoms with Crippen molar-refractivity contribution < 1.29 is 14.7 Å². The molecule has 1 fully saturated rings. The summed E-state index contributed by atoms with van der Waals surface area (Å²) in [5, 5.41) is 19.4. The van der Waals surface area contributed by atoms with Crippen LogP contribution in [0, 0.1) is 11.3 Å². The van der Waals surface area contributed by atoms with Crippen LogP contribution < -0.4 is 10.2 Å². The number of rotatable bonds is 5. The van der Waals surface area contributed by atoms with Gasteiger partial charge >= 0.3 is 5.97 Å². The number of carbonyl (C=O) groups excluding carboxylic acids is 1. The first kappa shape index (κ1) is 20.8. The fourth-order valence-electron chi connectivity index (χ4n) is 4.91. The lowest BCUT2D eigenvalue weighted by atomic mass is 9.76. The van der Waals surface area contributed by atoms with Gasteiger partial charge < -0.3 is 15.3 Å². The monoisotopic (exact) mass is 417 g/mol. The Balaban J connectivity index is 1.77. The Kier molecular flexibility index (Phi) is 5.89. The van der Waals surface area contributed by atoms with Crippen LogP contribution in [0.4, 0.5) is 11.4 Å². The number of carboxylic acid groups (broad SMARTS) is 1. The molecule has 0 saturated heterocycles. The van der Waals surface area contributed by atoms with Gasteiger partial charge in [-0.05, 0) is 66.6 Å². The SMILES string of the molecule is CNC(=O)/C(=C\c1ccc2c(c1)CC1CCCCC1N2c1ccccc1)C(=N)C(=O)O. The molecule has 6 heteroatoms. The summed E-state index contributed by atoms with van der Waals surface area (Å²) in [4.78, 5) is 25.9. The van der Waals surface area contributed by atoms with E-state index in [0.29, 0.717) is 12.0 Å². The van der Waals surface area contributed by atoms with Crippen LogP contribution in [0.3, 0.4) is 0 Å². The van der Waals surface area contributed by atoms with Crippen LogP contribution in [-0.2, 0) is 16.0 Å². The van der Waals surface area contributed by atoms with E-state index in [4.69, 9.17) is 5.41 Å². The van der Waals surface area contributed by atoms with Gasteiger partial charge in [0.1, 0.15) is 0 Å². The Hall–Kier alpha value is -3.41. The number of likely N-dealkylation sites (N-methyl/N-ethyl adjacent to an activating group) is 1. The zero-order chi connectivity index (χ0) is 22.0. The maximum atomic E-state index is 12.2. The summed E-state index contributed by atoms with van der Waals surface area (Å²) in [5.74, 6) is -1.44. The van der Waals surface area contributed by atoms with Gasteiger partial charge in [-0.3, -0.25) is 10.2 Å². The highest BCUT2D eigenvalue weighted by Gasteiger charge is 2.36. The quantitative estimate of drug-likeness (QED) is 0.503. The number of nitrogens with one attached hydrogen (secondary N) is 2. The van der Waals surface area contributed by atoms with Crippen molar-refractivity contribution in [2.45, 2.75) is 38.1 Å². The first-order valence-electron chi connectivity index (χ1n) is 10.7. The number of carbonyl (C=O) groups is 2. The summed E-state index contributed by atoms with van der Waals surface area (Å²) in [7, 11) is 1.43. The van der Waals surface area contributed by atoms with Gasteiger partial charge in [-0.25, -0.2) is 4.79 Å². The molecular weight excluding hydrogens is 390 g/mol. The minimum atomic E-state index is -1.42. The highest BCUT2D eigenvalue weighted by molar-refractivity contribution is 6.49. The molecule has 1 amide bonds. The van der Waals surface area contributed by atoms with E-state index in [-0.39, 0.29) is 5.57 Å². The second-order valence-electron chi connectivity index (χ2n) is 8.23. The summed E-state index contributed by atoms with van der Waals surface area (Å²) in [6.45, 7) is 0. The van der Waals surface area contributed by atoms with Crippen LogP contribution in [0.5, 0.6) is 0 Å². The lowest BCUT2D eigenvalue weighted by molar-refractivity contribution is -0.129. The number of aliphatic carboxylic acids is 1. The topological polar surface area (TPSA) is 93.5 Å². The van der Waals surface area contributed by atoms with Crippen LogP contribution in [0.2, 0.25) is 0 Å². The number of hydrogen-bond donors (Lipinski definition) is 3. The van der Waals surface area contributed by atoms with E-state index in [1.54, 1.807) is 0 Å². The molecule has 1 aliphatic heterocycles. The molecule has 4 rings (SSSR count). The third kappa shape index (κ3) is 4.10. The van der Waals surface area contributed by atoms with Crippen LogP contribution in [-0.4, -0.2) is 35.8 Å². The highest BCUT2D eigenvalue weighted by atomic mass is 16.4. The van der Waals surface area contributed by atoms with Gasteiger partial charge in [-0.15, -0.1) is 0 Å². The fraction of sp³-hybridized carbons (Fsp3) is 0.320.